The number of amides is 1. The molecule has 1 N–H and O–H groups in total. The minimum atomic E-state index is -2.91. The summed E-state index contributed by atoms with van der Waals surface area (Å²) in [5.74, 6) is -0.504. The summed E-state index contributed by atoms with van der Waals surface area (Å²) in [4.78, 5) is 30.3. The molecule has 3 aromatic rings. The highest BCUT2D eigenvalue weighted by Gasteiger charge is 2.20. The molecule has 31 heavy (non-hydrogen) atoms. The summed E-state index contributed by atoms with van der Waals surface area (Å²) in [5.41, 5.74) is 1.71. The maximum absolute atomic E-state index is 12.8. The molecular weight excluding hydrogens is 430 g/mol. The van der Waals surface area contributed by atoms with Crippen LogP contribution >= 0.6 is 11.3 Å². The van der Waals surface area contributed by atoms with Crippen molar-refractivity contribution in [1.82, 2.24) is 4.98 Å². The van der Waals surface area contributed by atoms with Crippen molar-refractivity contribution in [2.75, 3.05) is 24.3 Å². The van der Waals surface area contributed by atoms with Crippen LogP contribution in [0.1, 0.15) is 15.2 Å². The first-order valence-electron chi connectivity index (χ1n) is 8.95. The predicted molar refractivity (Wildman–Crippen MR) is 114 cm³/mol. The minimum absolute atomic E-state index is 0.0297. The van der Waals surface area contributed by atoms with Crippen molar-refractivity contribution < 1.29 is 23.2 Å². The zero-order valence-corrected chi connectivity index (χ0v) is 17.6. The van der Waals surface area contributed by atoms with Gasteiger partial charge in [-0.15, -0.1) is 11.3 Å². The topological polar surface area (TPSA) is 97.6 Å². The monoisotopic (exact) mass is 448 g/mol. The Morgan fingerprint density at radius 1 is 1.23 bits per heavy atom. The number of rotatable bonds is 7. The van der Waals surface area contributed by atoms with Gasteiger partial charge in [0.15, 0.2) is 5.13 Å². The number of nitrogens with one attached hydrogen (secondary N) is 1. The summed E-state index contributed by atoms with van der Waals surface area (Å²) in [6.07, 6.45) is 0. The number of benzene rings is 2. The second-order valence-electron chi connectivity index (χ2n) is 6.63. The Morgan fingerprint density at radius 2 is 1.90 bits per heavy atom. The molecular formula is C20H18F2N4O4S. The second-order valence-corrected chi connectivity index (χ2v) is 7.84. The number of aromatic nitrogens is 1. The third kappa shape index (κ3) is 5.12. The van der Waals surface area contributed by atoms with Gasteiger partial charge in [0.1, 0.15) is 5.75 Å². The van der Waals surface area contributed by atoms with Crippen LogP contribution in [-0.4, -0.2) is 36.5 Å². The molecule has 0 fully saturated rings. The number of alkyl halides is 2. The van der Waals surface area contributed by atoms with Gasteiger partial charge in [0.25, 0.3) is 11.6 Å². The number of halogens is 2. The summed E-state index contributed by atoms with van der Waals surface area (Å²) >= 11 is 1.23. The number of non-ortho nitro benzene ring substituents is 1. The summed E-state index contributed by atoms with van der Waals surface area (Å²) in [5, 5.41) is 14.1. The van der Waals surface area contributed by atoms with E-state index < -0.39 is 17.4 Å². The van der Waals surface area contributed by atoms with Crippen molar-refractivity contribution in [3.8, 4) is 17.0 Å². The first-order chi connectivity index (χ1) is 14.7. The van der Waals surface area contributed by atoms with E-state index in [4.69, 9.17) is 0 Å². The number of hydrogen-bond acceptors (Lipinski definition) is 7. The Morgan fingerprint density at radius 3 is 2.48 bits per heavy atom. The molecule has 11 heteroatoms. The van der Waals surface area contributed by atoms with E-state index >= 15 is 0 Å². The molecule has 0 aliphatic heterocycles. The van der Waals surface area contributed by atoms with Gasteiger partial charge in [-0.1, -0.05) is 0 Å². The van der Waals surface area contributed by atoms with Crippen molar-refractivity contribution in [1.29, 1.82) is 0 Å². The fourth-order valence-corrected chi connectivity index (χ4v) is 3.72. The fraction of sp³-hybridized carbons (Fsp3) is 0.200. The number of carbonyl (C=O) groups is 1. The lowest BCUT2D eigenvalue weighted by atomic mass is 10.1. The summed E-state index contributed by atoms with van der Waals surface area (Å²) in [7, 11) is 3.45. The number of nitrogens with zero attached hydrogens (tertiary/aromatic N) is 3. The minimum Gasteiger partial charge on any atom is -0.435 e. The van der Waals surface area contributed by atoms with E-state index in [0.29, 0.717) is 22.1 Å². The van der Waals surface area contributed by atoms with Crippen molar-refractivity contribution in [3.63, 3.8) is 0 Å². The SMILES string of the molecule is Cc1sc(NC(=O)c2cc([N+](=O)[O-])ccc2N(C)C)nc1-c1ccc(OC(F)F)cc1. The smallest absolute Gasteiger partial charge is 0.387 e. The number of ether oxygens (including phenoxy) is 1. The number of carbonyl (C=O) groups excluding carboxylic acids is 1. The number of nitro groups is 1. The molecule has 162 valence electrons. The lowest BCUT2D eigenvalue weighted by Crippen LogP contribution is -2.18. The highest BCUT2D eigenvalue weighted by molar-refractivity contribution is 7.16. The zero-order chi connectivity index (χ0) is 22.7. The fourth-order valence-electron chi connectivity index (χ4n) is 2.89. The number of anilines is 2. The Hall–Kier alpha value is -3.60. The molecule has 1 amide bonds. The normalized spacial score (nSPS) is 10.8. The van der Waals surface area contributed by atoms with Crippen LogP contribution in [0.2, 0.25) is 0 Å². The standard InChI is InChI=1S/C20H18F2N4O4S/c1-11-17(12-4-7-14(8-5-12)30-19(21)22)23-20(31-11)24-18(27)15-10-13(26(28)29)6-9-16(15)25(2)3/h4-10,19H,1-3H3,(H,23,24,27). The number of thiazole rings is 1. The average Bonchev–Trinajstić information content (AvgIpc) is 3.07. The number of aryl methyl sites for hydroxylation is 1. The lowest BCUT2D eigenvalue weighted by Gasteiger charge is -2.16. The molecule has 0 aliphatic rings. The molecule has 0 bridgehead atoms. The summed E-state index contributed by atoms with van der Waals surface area (Å²) in [6.45, 7) is -1.10. The predicted octanol–water partition coefficient (Wildman–Crippen LogP) is 4.95. The Bertz CT molecular complexity index is 1120. The number of nitro benzene ring substituents is 1. The molecule has 0 atom stereocenters. The van der Waals surface area contributed by atoms with Gasteiger partial charge in [-0.2, -0.15) is 8.78 Å². The maximum atomic E-state index is 12.8. The molecule has 0 saturated carbocycles. The van der Waals surface area contributed by atoms with Gasteiger partial charge in [-0.3, -0.25) is 20.2 Å². The number of hydrogen-bond donors (Lipinski definition) is 1. The van der Waals surface area contributed by atoms with E-state index in [0.717, 1.165) is 4.88 Å². The van der Waals surface area contributed by atoms with E-state index in [1.807, 2.05) is 6.92 Å². The Balaban J connectivity index is 1.85. The Kier molecular flexibility index (Phi) is 6.44. The third-order valence-corrected chi connectivity index (χ3v) is 5.17. The molecule has 0 unspecified atom stereocenters. The maximum Gasteiger partial charge on any atom is 0.387 e. The van der Waals surface area contributed by atoms with Crippen LogP contribution in [0.25, 0.3) is 11.3 Å². The van der Waals surface area contributed by atoms with Gasteiger partial charge in [-0.05, 0) is 37.3 Å². The van der Waals surface area contributed by atoms with E-state index in [1.165, 1.54) is 41.7 Å². The van der Waals surface area contributed by atoms with E-state index in [-0.39, 0.29) is 17.0 Å². The second kappa shape index (κ2) is 9.04. The molecule has 0 radical (unpaired) electrons. The van der Waals surface area contributed by atoms with Crippen LogP contribution in [0.4, 0.5) is 25.3 Å². The van der Waals surface area contributed by atoms with E-state index in [2.05, 4.69) is 15.0 Å². The van der Waals surface area contributed by atoms with Crippen LogP contribution in [0, 0.1) is 17.0 Å². The van der Waals surface area contributed by atoms with Gasteiger partial charge in [0.2, 0.25) is 0 Å². The molecule has 0 spiro atoms. The van der Waals surface area contributed by atoms with Crippen molar-refractivity contribution >= 4 is 33.8 Å². The summed E-state index contributed by atoms with van der Waals surface area (Å²) < 4.78 is 29.0. The van der Waals surface area contributed by atoms with Gasteiger partial charge in [-0.25, -0.2) is 4.98 Å². The van der Waals surface area contributed by atoms with Crippen LogP contribution in [0.3, 0.4) is 0 Å². The van der Waals surface area contributed by atoms with Crippen LogP contribution in [0.5, 0.6) is 5.75 Å². The first-order valence-corrected chi connectivity index (χ1v) is 9.77. The van der Waals surface area contributed by atoms with E-state index in [1.54, 1.807) is 31.1 Å². The Labute approximate surface area is 180 Å². The van der Waals surface area contributed by atoms with Crippen molar-refractivity contribution in [2.45, 2.75) is 13.5 Å². The highest BCUT2D eigenvalue weighted by atomic mass is 32.1. The van der Waals surface area contributed by atoms with Crippen molar-refractivity contribution in [3.05, 3.63) is 63.0 Å². The molecule has 2 aromatic carbocycles. The molecule has 3 rings (SSSR count). The highest BCUT2D eigenvalue weighted by Crippen LogP contribution is 2.32. The quantitative estimate of drug-likeness (QED) is 0.406. The van der Waals surface area contributed by atoms with Crippen LogP contribution in [-0.2, 0) is 0 Å². The van der Waals surface area contributed by atoms with Gasteiger partial charge in [0.05, 0.1) is 16.2 Å². The van der Waals surface area contributed by atoms with E-state index in [9.17, 15) is 23.7 Å². The molecule has 1 heterocycles. The molecule has 0 saturated heterocycles. The lowest BCUT2D eigenvalue weighted by molar-refractivity contribution is -0.384. The molecule has 0 aliphatic carbocycles. The van der Waals surface area contributed by atoms with Gasteiger partial charge in [0, 0.05) is 42.4 Å². The molecule has 1 aromatic heterocycles. The largest absolute Gasteiger partial charge is 0.435 e. The third-order valence-electron chi connectivity index (χ3n) is 4.29. The van der Waals surface area contributed by atoms with Gasteiger partial charge >= 0.3 is 6.61 Å². The molecule has 8 nitrogen and oxygen atoms in total. The van der Waals surface area contributed by atoms with Crippen LogP contribution < -0.4 is 15.0 Å². The average molecular weight is 448 g/mol. The van der Waals surface area contributed by atoms with Crippen LogP contribution in [0.15, 0.2) is 42.5 Å². The first kappa shape index (κ1) is 22.1. The van der Waals surface area contributed by atoms with Crippen molar-refractivity contribution in [2.24, 2.45) is 0 Å². The van der Waals surface area contributed by atoms with Gasteiger partial charge < -0.3 is 9.64 Å². The zero-order valence-electron chi connectivity index (χ0n) is 16.8. The summed E-state index contributed by atoms with van der Waals surface area (Å²) in [6, 6.07) is 10.1.